The molecule has 34 heavy (non-hydrogen) atoms. The van der Waals surface area contributed by atoms with Gasteiger partial charge in [-0.3, -0.25) is 19.3 Å². The molecule has 1 saturated heterocycles. The molecule has 3 atom stereocenters. The average Bonchev–Trinajstić information content (AvgIpc) is 2.78. The van der Waals surface area contributed by atoms with Gasteiger partial charge in [-0.15, -0.1) is 0 Å². The highest BCUT2D eigenvalue weighted by atomic mass is 16.2. The minimum Gasteiger partial charge on any atom is -0.343 e. The van der Waals surface area contributed by atoms with Crippen molar-refractivity contribution in [3.8, 4) is 0 Å². The molecule has 7 heteroatoms. The SMILES string of the molecule is CCCN(C)C(=O)/C(C)=C/[C@H](C(C)C)N(C)C(=O)[C@@H](NC(=O)[C@H]1CCCCN1C(C)C)C(C)C. The van der Waals surface area contributed by atoms with E-state index in [0.29, 0.717) is 12.1 Å². The molecule has 1 fully saturated rings. The zero-order valence-electron chi connectivity index (χ0n) is 23.4. The van der Waals surface area contributed by atoms with Crippen LogP contribution in [0.3, 0.4) is 0 Å². The molecular weight excluding hydrogens is 428 g/mol. The Hall–Kier alpha value is -1.89. The molecule has 1 aliphatic rings. The number of amides is 3. The number of piperidine rings is 1. The van der Waals surface area contributed by atoms with Gasteiger partial charge in [-0.05, 0) is 58.4 Å². The zero-order chi connectivity index (χ0) is 26.2. The maximum Gasteiger partial charge on any atom is 0.248 e. The highest BCUT2D eigenvalue weighted by Gasteiger charge is 2.36. The van der Waals surface area contributed by atoms with E-state index in [1.165, 1.54) is 0 Å². The first kappa shape index (κ1) is 30.1. The van der Waals surface area contributed by atoms with Gasteiger partial charge in [0.25, 0.3) is 0 Å². The zero-order valence-corrected chi connectivity index (χ0v) is 23.4. The summed E-state index contributed by atoms with van der Waals surface area (Å²) in [4.78, 5) is 45.3. The first-order valence-electron chi connectivity index (χ1n) is 13.1. The molecule has 1 aliphatic heterocycles. The van der Waals surface area contributed by atoms with Gasteiger partial charge in [-0.1, -0.05) is 47.1 Å². The Labute approximate surface area is 208 Å². The summed E-state index contributed by atoms with van der Waals surface area (Å²) in [6, 6.07) is -0.759. The van der Waals surface area contributed by atoms with Crippen LogP contribution in [0.25, 0.3) is 0 Å². The molecular formula is C27H50N4O3. The number of likely N-dealkylation sites (N-methyl/N-ethyl adjacent to an activating group) is 2. The van der Waals surface area contributed by atoms with Crippen LogP contribution in [0.4, 0.5) is 0 Å². The van der Waals surface area contributed by atoms with Crippen LogP contribution in [0.5, 0.6) is 0 Å². The minimum atomic E-state index is -0.609. The van der Waals surface area contributed by atoms with Crippen molar-refractivity contribution < 1.29 is 14.4 Å². The van der Waals surface area contributed by atoms with Gasteiger partial charge in [0.05, 0.1) is 12.1 Å². The fourth-order valence-corrected chi connectivity index (χ4v) is 4.80. The quantitative estimate of drug-likeness (QED) is 0.460. The van der Waals surface area contributed by atoms with Gasteiger partial charge < -0.3 is 15.1 Å². The highest BCUT2D eigenvalue weighted by molar-refractivity contribution is 5.93. The number of hydrogen-bond acceptors (Lipinski definition) is 4. The van der Waals surface area contributed by atoms with E-state index in [-0.39, 0.29) is 47.7 Å². The molecule has 1 rings (SSSR count). The molecule has 0 saturated carbocycles. The summed E-state index contributed by atoms with van der Waals surface area (Å²) < 4.78 is 0. The predicted molar refractivity (Wildman–Crippen MR) is 139 cm³/mol. The summed E-state index contributed by atoms with van der Waals surface area (Å²) in [7, 11) is 3.58. The Bertz CT molecular complexity index is 717. The minimum absolute atomic E-state index is 0.0202. The van der Waals surface area contributed by atoms with E-state index in [9.17, 15) is 14.4 Å². The van der Waals surface area contributed by atoms with Crippen molar-refractivity contribution >= 4 is 17.7 Å². The van der Waals surface area contributed by atoms with Crippen molar-refractivity contribution in [2.45, 2.75) is 105 Å². The molecule has 0 aliphatic carbocycles. The van der Waals surface area contributed by atoms with Crippen LogP contribution in [-0.4, -0.2) is 83.8 Å². The Balaban J connectivity index is 3.08. The second-order valence-corrected chi connectivity index (χ2v) is 10.8. The van der Waals surface area contributed by atoms with Gasteiger partial charge in [0.1, 0.15) is 6.04 Å². The Morgan fingerprint density at radius 3 is 2.15 bits per heavy atom. The van der Waals surface area contributed by atoms with Crippen molar-refractivity contribution in [1.29, 1.82) is 0 Å². The molecule has 1 heterocycles. The lowest BCUT2D eigenvalue weighted by atomic mass is 9.95. The fourth-order valence-electron chi connectivity index (χ4n) is 4.80. The maximum absolute atomic E-state index is 13.6. The smallest absolute Gasteiger partial charge is 0.248 e. The topological polar surface area (TPSA) is 73.0 Å². The van der Waals surface area contributed by atoms with Gasteiger partial charge >= 0.3 is 0 Å². The van der Waals surface area contributed by atoms with E-state index in [2.05, 4.69) is 24.1 Å². The van der Waals surface area contributed by atoms with Gasteiger partial charge in [0.2, 0.25) is 17.7 Å². The number of likely N-dealkylation sites (tertiary alicyclic amines) is 1. The van der Waals surface area contributed by atoms with Crippen LogP contribution in [0.1, 0.15) is 81.1 Å². The van der Waals surface area contributed by atoms with E-state index in [0.717, 1.165) is 32.2 Å². The molecule has 0 aromatic rings. The summed E-state index contributed by atoms with van der Waals surface area (Å²) in [5.74, 6) is -0.129. The maximum atomic E-state index is 13.6. The number of rotatable bonds is 11. The first-order valence-corrected chi connectivity index (χ1v) is 13.1. The predicted octanol–water partition coefficient (Wildman–Crippen LogP) is 3.69. The lowest BCUT2D eigenvalue weighted by Crippen LogP contribution is -2.58. The third-order valence-electron chi connectivity index (χ3n) is 6.88. The number of nitrogens with one attached hydrogen (secondary N) is 1. The Morgan fingerprint density at radius 2 is 1.65 bits per heavy atom. The Morgan fingerprint density at radius 1 is 1.03 bits per heavy atom. The summed E-state index contributed by atoms with van der Waals surface area (Å²) in [5.41, 5.74) is 0.634. The number of nitrogens with zero attached hydrogens (tertiary/aromatic N) is 3. The number of hydrogen-bond donors (Lipinski definition) is 1. The third kappa shape index (κ3) is 8.10. The van der Waals surface area contributed by atoms with Crippen molar-refractivity contribution in [2.24, 2.45) is 11.8 Å². The van der Waals surface area contributed by atoms with E-state index in [1.54, 1.807) is 23.9 Å². The number of carbonyl (C=O) groups is 3. The largest absolute Gasteiger partial charge is 0.343 e. The van der Waals surface area contributed by atoms with Crippen molar-refractivity contribution in [3.05, 3.63) is 11.6 Å². The van der Waals surface area contributed by atoms with Gasteiger partial charge in [-0.2, -0.15) is 0 Å². The van der Waals surface area contributed by atoms with Gasteiger partial charge in [0, 0.05) is 32.3 Å². The van der Waals surface area contributed by atoms with Crippen LogP contribution in [0, 0.1) is 11.8 Å². The lowest BCUT2D eigenvalue weighted by molar-refractivity contribution is -0.140. The van der Waals surface area contributed by atoms with Crippen LogP contribution in [-0.2, 0) is 14.4 Å². The van der Waals surface area contributed by atoms with Crippen LogP contribution in [0.15, 0.2) is 11.6 Å². The summed E-state index contributed by atoms with van der Waals surface area (Å²) in [6.45, 7) is 17.7. The van der Waals surface area contributed by atoms with Gasteiger partial charge in [0.15, 0.2) is 0 Å². The van der Waals surface area contributed by atoms with E-state index in [1.807, 2.05) is 47.6 Å². The molecule has 0 aromatic heterocycles. The summed E-state index contributed by atoms with van der Waals surface area (Å²) in [6.07, 6.45) is 5.75. The number of carbonyl (C=O) groups excluding carboxylic acids is 3. The molecule has 0 unspecified atom stereocenters. The van der Waals surface area contributed by atoms with Crippen molar-refractivity contribution in [2.75, 3.05) is 27.2 Å². The van der Waals surface area contributed by atoms with Crippen LogP contribution < -0.4 is 5.32 Å². The fraction of sp³-hybridized carbons (Fsp3) is 0.815. The Kier molecular flexibility index (Phi) is 12.3. The molecule has 0 spiro atoms. The van der Waals surface area contributed by atoms with E-state index >= 15 is 0 Å². The second kappa shape index (κ2) is 13.9. The highest BCUT2D eigenvalue weighted by Crippen LogP contribution is 2.21. The first-order chi connectivity index (χ1) is 15.8. The normalized spacial score (nSPS) is 19.3. The molecule has 3 amide bonds. The summed E-state index contributed by atoms with van der Waals surface area (Å²) >= 11 is 0. The van der Waals surface area contributed by atoms with Crippen LogP contribution >= 0.6 is 0 Å². The average molecular weight is 479 g/mol. The molecule has 0 bridgehead atoms. The van der Waals surface area contributed by atoms with E-state index in [4.69, 9.17) is 0 Å². The molecule has 7 nitrogen and oxygen atoms in total. The van der Waals surface area contributed by atoms with Gasteiger partial charge in [-0.25, -0.2) is 0 Å². The van der Waals surface area contributed by atoms with Crippen molar-refractivity contribution in [1.82, 2.24) is 20.0 Å². The lowest BCUT2D eigenvalue weighted by Gasteiger charge is -2.39. The molecule has 0 aromatic carbocycles. The summed E-state index contributed by atoms with van der Waals surface area (Å²) in [5, 5.41) is 3.09. The van der Waals surface area contributed by atoms with Crippen molar-refractivity contribution in [3.63, 3.8) is 0 Å². The monoisotopic (exact) mass is 478 g/mol. The standard InChI is InChI=1S/C27H50N4O3/c1-11-15-29(9)26(33)21(8)17-23(18(2)3)30(10)27(34)24(19(4)5)28-25(32)22-14-12-13-16-31(22)20(6)7/h17-20,22-24H,11-16H2,1-10H3,(H,28,32)/b21-17+/t22-,23-,24+/m1/s1. The molecule has 196 valence electrons. The van der Waals surface area contributed by atoms with Crippen LogP contribution in [0.2, 0.25) is 0 Å². The second-order valence-electron chi connectivity index (χ2n) is 10.8. The third-order valence-corrected chi connectivity index (χ3v) is 6.88. The van der Waals surface area contributed by atoms with E-state index < -0.39 is 6.04 Å². The molecule has 1 N–H and O–H groups in total. The molecule has 0 radical (unpaired) electrons.